The molecule has 0 atom stereocenters. The number of nitrogens with zero attached hydrogens (tertiary/aromatic N) is 1. The second kappa shape index (κ2) is 4.59. The topological polar surface area (TPSA) is 54.4 Å². The van der Waals surface area contributed by atoms with Crippen molar-refractivity contribution in [2.75, 3.05) is 0 Å². The van der Waals surface area contributed by atoms with Gasteiger partial charge < -0.3 is 5.11 Å². The van der Waals surface area contributed by atoms with Crippen LogP contribution in [0.25, 0.3) is 0 Å². The second-order valence-corrected chi connectivity index (χ2v) is 4.45. The summed E-state index contributed by atoms with van der Waals surface area (Å²) < 4.78 is 0. The Morgan fingerprint density at radius 1 is 1.40 bits per heavy atom. The molecule has 4 heteroatoms. The van der Waals surface area contributed by atoms with Crippen molar-refractivity contribution in [3.63, 3.8) is 0 Å². The van der Waals surface area contributed by atoms with E-state index in [2.05, 4.69) is 10.5 Å². The molecular weight excluding hydrogens is 192 g/mol. The number of hydrogen-bond acceptors (Lipinski definition) is 4. The Balaban J connectivity index is 2.54. The first-order valence-electron chi connectivity index (χ1n) is 4.95. The summed E-state index contributed by atoms with van der Waals surface area (Å²) in [4.78, 5) is 9.53. The van der Waals surface area contributed by atoms with Crippen LogP contribution in [0.5, 0.6) is 5.75 Å². The number of nitrogens with one attached hydrogen (secondary N) is 1. The minimum absolute atomic E-state index is 0.186. The lowest BCUT2D eigenvalue weighted by Crippen LogP contribution is -2.29. The van der Waals surface area contributed by atoms with Crippen molar-refractivity contribution in [3.05, 3.63) is 23.5 Å². The molecule has 0 fully saturated rings. The number of pyridine rings is 1. The van der Waals surface area contributed by atoms with E-state index < -0.39 is 0 Å². The minimum Gasteiger partial charge on any atom is -0.506 e. The van der Waals surface area contributed by atoms with E-state index in [0.717, 1.165) is 5.69 Å². The Morgan fingerprint density at radius 3 is 2.67 bits per heavy atom. The summed E-state index contributed by atoms with van der Waals surface area (Å²) >= 11 is 0. The molecule has 1 rings (SSSR count). The zero-order valence-corrected chi connectivity index (χ0v) is 9.66. The van der Waals surface area contributed by atoms with Gasteiger partial charge >= 0.3 is 0 Å². The Hall–Kier alpha value is -1.13. The normalized spacial score (nSPS) is 11.7. The van der Waals surface area contributed by atoms with Crippen LogP contribution in [0.3, 0.4) is 0 Å². The first-order chi connectivity index (χ1) is 6.88. The zero-order valence-electron chi connectivity index (χ0n) is 9.66. The minimum atomic E-state index is -0.251. The molecule has 0 aliphatic carbocycles. The van der Waals surface area contributed by atoms with E-state index >= 15 is 0 Å². The first kappa shape index (κ1) is 11.9. The van der Waals surface area contributed by atoms with Crippen LogP contribution in [-0.4, -0.2) is 15.7 Å². The van der Waals surface area contributed by atoms with Crippen LogP contribution in [0.4, 0.5) is 0 Å². The molecule has 15 heavy (non-hydrogen) atoms. The van der Waals surface area contributed by atoms with Crippen LogP contribution >= 0.6 is 0 Å². The summed E-state index contributed by atoms with van der Waals surface area (Å²) in [7, 11) is 0. The molecule has 0 amide bonds. The first-order valence-corrected chi connectivity index (χ1v) is 4.95. The number of hydrogen-bond donors (Lipinski definition) is 2. The predicted octanol–water partition coefficient (Wildman–Crippen LogP) is 1.92. The average Bonchev–Trinajstić information content (AvgIpc) is 2.09. The van der Waals surface area contributed by atoms with Gasteiger partial charge in [0.25, 0.3) is 0 Å². The molecule has 4 nitrogen and oxygen atoms in total. The van der Waals surface area contributed by atoms with Crippen molar-refractivity contribution in [1.82, 2.24) is 10.5 Å². The van der Waals surface area contributed by atoms with Gasteiger partial charge in [-0.2, -0.15) is 5.48 Å². The van der Waals surface area contributed by atoms with E-state index in [0.29, 0.717) is 12.2 Å². The highest BCUT2D eigenvalue weighted by atomic mass is 16.7. The third-order valence-electron chi connectivity index (χ3n) is 1.71. The lowest BCUT2D eigenvalue weighted by Gasteiger charge is -2.19. The lowest BCUT2D eigenvalue weighted by atomic mass is 10.2. The Morgan fingerprint density at radius 2 is 2.07 bits per heavy atom. The van der Waals surface area contributed by atoms with Gasteiger partial charge in [-0.15, -0.1) is 0 Å². The van der Waals surface area contributed by atoms with Gasteiger partial charge in [-0.1, -0.05) is 0 Å². The summed E-state index contributed by atoms with van der Waals surface area (Å²) in [5.41, 5.74) is 4.01. The number of aryl methyl sites for hydroxylation is 1. The van der Waals surface area contributed by atoms with Gasteiger partial charge in [-0.3, -0.25) is 9.82 Å². The van der Waals surface area contributed by atoms with Gasteiger partial charge in [0.15, 0.2) is 0 Å². The van der Waals surface area contributed by atoms with Crippen LogP contribution in [0.15, 0.2) is 12.1 Å². The van der Waals surface area contributed by atoms with Gasteiger partial charge in [0, 0.05) is 5.69 Å². The van der Waals surface area contributed by atoms with Crippen molar-refractivity contribution in [2.24, 2.45) is 0 Å². The van der Waals surface area contributed by atoms with Crippen LogP contribution in [0.2, 0.25) is 0 Å². The third-order valence-corrected chi connectivity index (χ3v) is 1.71. The molecule has 0 aliphatic rings. The average molecular weight is 210 g/mol. The highest BCUT2D eigenvalue weighted by molar-refractivity contribution is 5.27. The predicted molar refractivity (Wildman–Crippen MR) is 58.3 cm³/mol. The summed E-state index contributed by atoms with van der Waals surface area (Å²) in [6.45, 7) is 8.12. The van der Waals surface area contributed by atoms with E-state index in [1.807, 2.05) is 27.7 Å². The lowest BCUT2D eigenvalue weighted by molar-refractivity contribution is -0.0763. The van der Waals surface area contributed by atoms with Gasteiger partial charge in [0.1, 0.15) is 5.75 Å². The number of hydroxylamine groups is 1. The molecule has 0 saturated carbocycles. The van der Waals surface area contributed by atoms with Crippen LogP contribution in [0, 0.1) is 6.92 Å². The number of aromatic nitrogens is 1. The van der Waals surface area contributed by atoms with Crippen molar-refractivity contribution in [2.45, 2.75) is 39.8 Å². The maximum atomic E-state index is 9.51. The van der Waals surface area contributed by atoms with Gasteiger partial charge in [0.05, 0.1) is 17.8 Å². The molecule has 0 unspecified atom stereocenters. The van der Waals surface area contributed by atoms with E-state index in [9.17, 15) is 5.11 Å². The maximum Gasteiger partial charge on any atom is 0.138 e. The van der Waals surface area contributed by atoms with Crippen molar-refractivity contribution in [3.8, 4) is 5.75 Å². The molecule has 1 aromatic rings. The summed E-state index contributed by atoms with van der Waals surface area (Å²) in [6.07, 6.45) is 0. The van der Waals surface area contributed by atoms with Crippen LogP contribution < -0.4 is 5.48 Å². The molecule has 0 aromatic carbocycles. The molecule has 0 spiro atoms. The smallest absolute Gasteiger partial charge is 0.138 e. The SMILES string of the molecule is Cc1ccc(O)c(CNOC(C)(C)C)n1. The van der Waals surface area contributed by atoms with Gasteiger partial charge in [-0.05, 0) is 39.8 Å². The van der Waals surface area contributed by atoms with E-state index in [4.69, 9.17) is 4.84 Å². The Kier molecular flexibility index (Phi) is 3.66. The molecular formula is C11H18N2O2. The largest absolute Gasteiger partial charge is 0.506 e. The molecule has 1 aromatic heterocycles. The van der Waals surface area contributed by atoms with Crippen LogP contribution in [-0.2, 0) is 11.4 Å². The molecule has 0 bridgehead atoms. The monoisotopic (exact) mass is 210 g/mol. The fourth-order valence-corrected chi connectivity index (χ4v) is 1.05. The van der Waals surface area contributed by atoms with Crippen molar-refractivity contribution < 1.29 is 9.94 Å². The fraction of sp³-hybridized carbons (Fsp3) is 0.545. The van der Waals surface area contributed by atoms with Crippen molar-refractivity contribution >= 4 is 0 Å². The quantitative estimate of drug-likeness (QED) is 0.748. The number of aromatic hydroxyl groups is 1. The molecule has 2 N–H and O–H groups in total. The van der Waals surface area contributed by atoms with E-state index in [-0.39, 0.29) is 11.4 Å². The van der Waals surface area contributed by atoms with Crippen molar-refractivity contribution in [1.29, 1.82) is 0 Å². The Bertz CT molecular complexity index is 332. The molecule has 84 valence electrons. The zero-order chi connectivity index (χ0) is 11.5. The summed E-state index contributed by atoms with van der Waals surface area (Å²) in [5, 5.41) is 9.51. The third kappa shape index (κ3) is 4.27. The Labute approximate surface area is 90.3 Å². The molecule has 0 aliphatic heterocycles. The molecule has 0 radical (unpaired) electrons. The summed E-state index contributed by atoms with van der Waals surface area (Å²) in [5.74, 6) is 0.186. The maximum absolute atomic E-state index is 9.51. The second-order valence-electron chi connectivity index (χ2n) is 4.45. The van der Waals surface area contributed by atoms with E-state index in [1.54, 1.807) is 12.1 Å². The fourth-order valence-electron chi connectivity index (χ4n) is 1.05. The molecule has 0 saturated heterocycles. The van der Waals surface area contributed by atoms with Crippen LogP contribution in [0.1, 0.15) is 32.2 Å². The van der Waals surface area contributed by atoms with Gasteiger partial charge in [-0.25, -0.2) is 0 Å². The molecule has 1 heterocycles. The highest BCUT2D eigenvalue weighted by Gasteiger charge is 2.11. The number of rotatable bonds is 3. The highest BCUT2D eigenvalue weighted by Crippen LogP contribution is 2.14. The van der Waals surface area contributed by atoms with E-state index in [1.165, 1.54) is 0 Å². The van der Waals surface area contributed by atoms with Gasteiger partial charge in [0.2, 0.25) is 0 Å². The standard InChI is InChI=1S/C11H18N2O2/c1-8-5-6-10(14)9(13-8)7-12-15-11(2,3)4/h5-6,12,14H,7H2,1-4H3. The summed E-state index contributed by atoms with van der Waals surface area (Å²) in [6, 6.07) is 3.40.